The van der Waals surface area contributed by atoms with Crippen LogP contribution in [0.5, 0.6) is 0 Å². The first-order chi connectivity index (χ1) is 10.5. The molecule has 4 nitrogen and oxygen atoms in total. The Kier molecular flexibility index (Phi) is 6.26. The van der Waals surface area contributed by atoms with E-state index in [-0.39, 0.29) is 5.75 Å². The number of hydrogen-bond donors (Lipinski definition) is 0. The third-order valence-electron chi connectivity index (χ3n) is 4.30. The molecular weight excluding hydrogens is 296 g/mol. The molecular formula is C17H28N2O2S. The Morgan fingerprint density at radius 2 is 1.64 bits per heavy atom. The minimum Gasteiger partial charge on any atom is -0.308 e. The van der Waals surface area contributed by atoms with Crippen LogP contribution in [0, 0.1) is 5.92 Å². The summed E-state index contributed by atoms with van der Waals surface area (Å²) < 4.78 is 27.4. The van der Waals surface area contributed by atoms with Crippen LogP contribution in [0.2, 0.25) is 0 Å². The fraction of sp³-hybridized carbons (Fsp3) is 0.647. The molecule has 0 heterocycles. The second kappa shape index (κ2) is 7.97. The van der Waals surface area contributed by atoms with Crippen LogP contribution in [-0.4, -0.2) is 46.3 Å². The smallest absolute Gasteiger partial charge is 0.235 e. The average Bonchev–Trinajstić information content (AvgIpc) is 2.48. The second-order valence-corrected chi connectivity index (χ2v) is 8.43. The monoisotopic (exact) mass is 324 g/mol. The summed E-state index contributed by atoms with van der Waals surface area (Å²) in [7, 11) is 0.674. The van der Waals surface area contributed by atoms with Crippen LogP contribution in [0.3, 0.4) is 0 Å². The van der Waals surface area contributed by atoms with E-state index in [1.807, 2.05) is 49.3 Å². The summed E-state index contributed by atoms with van der Waals surface area (Å²) in [5.41, 5.74) is 0.778. The number of likely N-dealkylation sites (N-methyl/N-ethyl adjacent to an activating group) is 1. The van der Waals surface area contributed by atoms with Gasteiger partial charge >= 0.3 is 0 Å². The van der Waals surface area contributed by atoms with E-state index in [1.54, 1.807) is 4.31 Å². The van der Waals surface area contributed by atoms with E-state index < -0.39 is 10.0 Å². The molecule has 124 valence electrons. The highest BCUT2D eigenvalue weighted by molar-refractivity contribution is 7.92. The fourth-order valence-electron chi connectivity index (χ4n) is 3.06. The van der Waals surface area contributed by atoms with Gasteiger partial charge in [-0.05, 0) is 45.0 Å². The molecule has 0 N–H and O–H groups in total. The first-order valence-corrected chi connectivity index (χ1v) is 9.80. The molecule has 0 radical (unpaired) electrons. The number of rotatable bonds is 7. The molecule has 0 amide bonds. The number of hydrogen-bond acceptors (Lipinski definition) is 3. The quantitative estimate of drug-likeness (QED) is 0.774. The number of para-hydroxylation sites is 1. The third-order valence-corrected chi connectivity index (χ3v) is 6.26. The minimum absolute atomic E-state index is 0.287. The lowest BCUT2D eigenvalue weighted by molar-refractivity contribution is 0.383. The summed E-state index contributed by atoms with van der Waals surface area (Å²) in [5, 5.41) is 0. The molecule has 22 heavy (non-hydrogen) atoms. The molecule has 1 fully saturated rings. The van der Waals surface area contributed by atoms with Gasteiger partial charge in [0.2, 0.25) is 10.0 Å². The van der Waals surface area contributed by atoms with Crippen molar-refractivity contribution in [3.63, 3.8) is 0 Å². The van der Waals surface area contributed by atoms with Crippen LogP contribution in [-0.2, 0) is 10.0 Å². The molecule has 0 bridgehead atoms. The summed E-state index contributed by atoms with van der Waals surface area (Å²) in [5.74, 6) is 0.610. The van der Waals surface area contributed by atoms with E-state index in [0.717, 1.165) is 25.1 Å². The van der Waals surface area contributed by atoms with Crippen LogP contribution in [0.15, 0.2) is 30.3 Å². The Morgan fingerprint density at radius 3 is 2.23 bits per heavy atom. The Morgan fingerprint density at radius 1 is 1.00 bits per heavy atom. The van der Waals surface area contributed by atoms with Crippen LogP contribution >= 0.6 is 0 Å². The van der Waals surface area contributed by atoms with E-state index in [1.165, 1.54) is 19.3 Å². The van der Waals surface area contributed by atoms with Gasteiger partial charge in [-0.15, -0.1) is 0 Å². The van der Waals surface area contributed by atoms with Crippen molar-refractivity contribution in [1.29, 1.82) is 0 Å². The van der Waals surface area contributed by atoms with Crippen molar-refractivity contribution in [3.8, 4) is 0 Å². The molecule has 1 aliphatic carbocycles. The van der Waals surface area contributed by atoms with Gasteiger partial charge in [0, 0.05) is 13.1 Å². The van der Waals surface area contributed by atoms with E-state index in [0.29, 0.717) is 12.5 Å². The first kappa shape index (κ1) is 17.3. The summed E-state index contributed by atoms with van der Waals surface area (Å²) >= 11 is 0. The highest BCUT2D eigenvalue weighted by Gasteiger charge is 2.27. The molecule has 1 aromatic rings. The van der Waals surface area contributed by atoms with Crippen LogP contribution < -0.4 is 4.31 Å². The van der Waals surface area contributed by atoms with Crippen molar-refractivity contribution < 1.29 is 8.42 Å². The van der Waals surface area contributed by atoms with E-state index in [9.17, 15) is 8.42 Å². The number of sulfonamides is 1. The number of nitrogens with zero attached hydrogens (tertiary/aromatic N) is 2. The molecule has 1 aromatic carbocycles. The van der Waals surface area contributed by atoms with Crippen LogP contribution in [0.1, 0.15) is 32.1 Å². The summed E-state index contributed by atoms with van der Waals surface area (Å²) in [6.45, 7) is 1.23. The standard InChI is InChI=1S/C17H28N2O2S/c1-18(2)13-14-19(17-11-7-4-8-12-17)22(20,21)15-16-9-5-3-6-10-16/h4,7-8,11-12,16H,3,5-6,9-10,13-15H2,1-2H3. The van der Waals surface area contributed by atoms with Crippen molar-refractivity contribution in [2.24, 2.45) is 5.92 Å². The van der Waals surface area contributed by atoms with Crippen molar-refractivity contribution >= 4 is 15.7 Å². The van der Waals surface area contributed by atoms with Gasteiger partial charge in [0.05, 0.1) is 11.4 Å². The molecule has 0 spiro atoms. The zero-order valence-electron chi connectivity index (χ0n) is 13.7. The van der Waals surface area contributed by atoms with Crippen LogP contribution in [0.4, 0.5) is 5.69 Å². The molecule has 1 saturated carbocycles. The van der Waals surface area contributed by atoms with Gasteiger partial charge < -0.3 is 4.90 Å². The molecule has 0 atom stereocenters. The van der Waals surface area contributed by atoms with Crippen molar-refractivity contribution in [1.82, 2.24) is 4.90 Å². The lowest BCUT2D eigenvalue weighted by Crippen LogP contribution is -2.39. The maximum Gasteiger partial charge on any atom is 0.235 e. The van der Waals surface area contributed by atoms with Gasteiger partial charge in [0.25, 0.3) is 0 Å². The zero-order chi connectivity index (χ0) is 16.0. The lowest BCUT2D eigenvalue weighted by atomic mass is 9.91. The van der Waals surface area contributed by atoms with Gasteiger partial charge in [0.15, 0.2) is 0 Å². The predicted molar refractivity (Wildman–Crippen MR) is 92.7 cm³/mol. The summed E-state index contributed by atoms with van der Waals surface area (Å²) in [4.78, 5) is 2.02. The SMILES string of the molecule is CN(C)CCN(c1ccccc1)S(=O)(=O)CC1CCCCC1. The number of anilines is 1. The van der Waals surface area contributed by atoms with E-state index in [2.05, 4.69) is 0 Å². The Bertz CT molecular complexity index is 537. The van der Waals surface area contributed by atoms with Crippen molar-refractivity contribution in [2.45, 2.75) is 32.1 Å². The molecule has 0 aromatic heterocycles. The molecule has 2 rings (SSSR count). The van der Waals surface area contributed by atoms with Gasteiger partial charge in [-0.1, -0.05) is 37.5 Å². The number of benzene rings is 1. The third kappa shape index (κ3) is 4.99. The maximum absolute atomic E-state index is 12.9. The molecule has 0 saturated heterocycles. The Balaban J connectivity index is 2.15. The molecule has 0 unspecified atom stereocenters. The lowest BCUT2D eigenvalue weighted by Gasteiger charge is -2.29. The fourth-order valence-corrected chi connectivity index (χ4v) is 4.97. The highest BCUT2D eigenvalue weighted by atomic mass is 32.2. The van der Waals surface area contributed by atoms with Crippen molar-refractivity contribution in [3.05, 3.63) is 30.3 Å². The zero-order valence-corrected chi connectivity index (χ0v) is 14.6. The largest absolute Gasteiger partial charge is 0.308 e. The topological polar surface area (TPSA) is 40.6 Å². The normalized spacial score (nSPS) is 16.9. The van der Waals surface area contributed by atoms with Gasteiger partial charge in [-0.25, -0.2) is 8.42 Å². The van der Waals surface area contributed by atoms with Gasteiger partial charge in [-0.2, -0.15) is 0 Å². The Labute approximate surface area is 135 Å². The molecule has 0 aliphatic heterocycles. The average molecular weight is 324 g/mol. The van der Waals surface area contributed by atoms with Gasteiger partial charge in [0.1, 0.15) is 0 Å². The molecule has 5 heteroatoms. The van der Waals surface area contributed by atoms with Crippen molar-refractivity contribution in [2.75, 3.05) is 37.2 Å². The molecule has 1 aliphatic rings. The van der Waals surface area contributed by atoms with E-state index >= 15 is 0 Å². The second-order valence-electron chi connectivity index (χ2n) is 6.49. The minimum atomic E-state index is -3.26. The van der Waals surface area contributed by atoms with Gasteiger partial charge in [-0.3, -0.25) is 4.31 Å². The Hall–Kier alpha value is -1.07. The first-order valence-electron chi connectivity index (χ1n) is 8.19. The van der Waals surface area contributed by atoms with Crippen LogP contribution in [0.25, 0.3) is 0 Å². The predicted octanol–water partition coefficient (Wildman–Crippen LogP) is 2.96. The van der Waals surface area contributed by atoms with E-state index in [4.69, 9.17) is 0 Å². The summed E-state index contributed by atoms with van der Waals surface area (Å²) in [6.07, 6.45) is 5.69. The summed E-state index contributed by atoms with van der Waals surface area (Å²) in [6, 6.07) is 9.48. The highest BCUT2D eigenvalue weighted by Crippen LogP contribution is 2.27. The maximum atomic E-state index is 12.9.